The lowest BCUT2D eigenvalue weighted by atomic mass is 9.83. The topological polar surface area (TPSA) is 47.9 Å². The zero-order valence-corrected chi connectivity index (χ0v) is 17.6. The third kappa shape index (κ3) is 4.28. The Hall–Kier alpha value is -2.59. The number of nitrogens with zero attached hydrogens (tertiary/aromatic N) is 1. The van der Waals surface area contributed by atoms with E-state index in [1.807, 2.05) is 37.3 Å². The molecule has 146 valence electrons. The summed E-state index contributed by atoms with van der Waals surface area (Å²) >= 11 is 6.29. The minimum Gasteiger partial charge on any atom is -0.488 e. The van der Waals surface area contributed by atoms with Crippen molar-refractivity contribution >= 4 is 29.4 Å². The molecule has 0 saturated heterocycles. The van der Waals surface area contributed by atoms with Crippen LogP contribution in [0.15, 0.2) is 47.1 Å². The molecule has 4 nitrogen and oxygen atoms in total. The maximum atomic E-state index is 12.0. The van der Waals surface area contributed by atoms with E-state index in [1.54, 1.807) is 13.0 Å². The van der Waals surface area contributed by atoms with Gasteiger partial charge in [0.1, 0.15) is 12.4 Å². The highest BCUT2D eigenvalue weighted by Gasteiger charge is 2.26. The highest BCUT2D eigenvalue weighted by molar-refractivity contribution is 6.31. The Balaban J connectivity index is 2.09. The number of hydrogen-bond donors (Lipinski definition) is 0. The average molecular weight is 398 g/mol. The summed E-state index contributed by atoms with van der Waals surface area (Å²) in [5.74, 6) is 0.284. The molecule has 0 aliphatic carbocycles. The van der Waals surface area contributed by atoms with Gasteiger partial charge in [0, 0.05) is 21.7 Å². The molecule has 0 bridgehead atoms. The Labute approximate surface area is 170 Å². The molecule has 0 saturated carbocycles. The molecule has 0 fully saturated rings. The summed E-state index contributed by atoms with van der Waals surface area (Å²) in [4.78, 5) is 16.8. The van der Waals surface area contributed by atoms with Crippen molar-refractivity contribution in [3.8, 4) is 5.75 Å². The molecular formula is C23H24ClNO3. The van der Waals surface area contributed by atoms with Crippen molar-refractivity contribution in [2.24, 2.45) is 5.16 Å². The van der Waals surface area contributed by atoms with Crippen molar-refractivity contribution in [1.29, 1.82) is 0 Å². The molecule has 0 atom stereocenters. The van der Waals surface area contributed by atoms with Crippen LogP contribution in [-0.2, 0) is 21.7 Å². The van der Waals surface area contributed by atoms with Crippen LogP contribution in [0.3, 0.4) is 0 Å². The van der Waals surface area contributed by atoms with Crippen LogP contribution in [0, 0.1) is 6.92 Å². The molecule has 1 aliphatic rings. The van der Waals surface area contributed by atoms with E-state index in [1.165, 1.54) is 0 Å². The molecule has 0 amide bonds. The van der Waals surface area contributed by atoms with Crippen molar-refractivity contribution in [3.05, 3.63) is 69.2 Å². The van der Waals surface area contributed by atoms with E-state index in [0.29, 0.717) is 22.9 Å². The van der Waals surface area contributed by atoms with Gasteiger partial charge in [0.25, 0.3) is 0 Å². The predicted octanol–water partition coefficient (Wildman–Crippen LogP) is 5.84. The van der Waals surface area contributed by atoms with Crippen LogP contribution in [0.5, 0.6) is 5.75 Å². The molecule has 0 aromatic heterocycles. The monoisotopic (exact) mass is 397 g/mol. The lowest BCUT2D eigenvalue weighted by Crippen LogP contribution is -2.15. The minimum absolute atomic E-state index is 0.144. The highest BCUT2D eigenvalue weighted by atomic mass is 35.5. The van der Waals surface area contributed by atoms with Crippen molar-refractivity contribution in [1.82, 2.24) is 0 Å². The molecule has 0 unspecified atom stereocenters. The van der Waals surface area contributed by atoms with Crippen LogP contribution in [-0.4, -0.2) is 11.7 Å². The van der Waals surface area contributed by atoms with Gasteiger partial charge in [0.15, 0.2) is 0 Å². The molecule has 3 rings (SSSR count). The van der Waals surface area contributed by atoms with Crippen molar-refractivity contribution < 1.29 is 14.4 Å². The first-order chi connectivity index (χ1) is 13.2. The lowest BCUT2D eigenvalue weighted by molar-refractivity contribution is -0.136. The second-order valence-electron chi connectivity index (χ2n) is 7.97. The molecule has 2 aromatic carbocycles. The number of hydrogen-bond acceptors (Lipinski definition) is 4. The maximum absolute atomic E-state index is 12.0. The van der Waals surface area contributed by atoms with Crippen LogP contribution in [0.1, 0.15) is 49.9 Å². The van der Waals surface area contributed by atoms with Crippen LogP contribution in [0.4, 0.5) is 0 Å². The Kier molecular flexibility index (Phi) is 5.61. The number of oxime groups is 1. The second kappa shape index (κ2) is 7.80. The average Bonchev–Trinajstić information content (AvgIpc) is 2.93. The molecule has 1 aliphatic heterocycles. The highest BCUT2D eigenvalue weighted by Crippen LogP contribution is 2.37. The quantitative estimate of drug-likeness (QED) is 0.481. The summed E-state index contributed by atoms with van der Waals surface area (Å²) in [5, 5.41) is 4.43. The van der Waals surface area contributed by atoms with Gasteiger partial charge in [-0.3, -0.25) is 0 Å². The number of halogens is 1. The van der Waals surface area contributed by atoms with E-state index >= 15 is 0 Å². The number of benzene rings is 2. The van der Waals surface area contributed by atoms with Crippen molar-refractivity contribution in [2.75, 3.05) is 0 Å². The molecule has 28 heavy (non-hydrogen) atoms. The van der Waals surface area contributed by atoms with Crippen LogP contribution in [0.2, 0.25) is 5.02 Å². The van der Waals surface area contributed by atoms with Gasteiger partial charge in [0.05, 0.1) is 11.3 Å². The summed E-state index contributed by atoms with van der Waals surface area (Å²) in [7, 11) is 0. The minimum atomic E-state index is -0.451. The Morgan fingerprint density at radius 1 is 1.18 bits per heavy atom. The third-order valence-corrected chi connectivity index (χ3v) is 4.94. The molecule has 1 heterocycles. The Morgan fingerprint density at radius 2 is 1.89 bits per heavy atom. The van der Waals surface area contributed by atoms with E-state index in [2.05, 4.69) is 32.0 Å². The SMILES string of the molecule is CC1=NOC(=O)/C1=C\c1cc(C)cc(C(C)(C)C)c1OCc1ccccc1Cl. The summed E-state index contributed by atoms with van der Waals surface area (Å²) < 4.78 is 6.28. The summed E-state index contributed by atoms with van der Waals surface area (Å²) in [5.41, 5.74) is 4.72. The fourth-order valence-corrected chi connectivity index (χ4v) is 3.26. The fraction of sp³-hybridized carbons (Fsp3) is 0.304. The molecular weight excluding hydrogens is 374 g/mol. The Bertz CT molecular complexity index is 984. The summed E-state index contributed by atoms with van der Waals surface area (Å²) in [6, 6.07) is 11.7. The molecule has 0 N–H and O–H groups in total. The number of carbonyl (C=O) groups excluding carboxylic acids is 1. The number of carbonyl (C=O) groups is 1. The first-order valence-corrected chi connectivity index (χ1v) is 9.54. The van der Waals surface area contributed by atoms with E-state index in [4.69, 9.17) is 21.2 Å². The van der Waals surface area contributed by atoms with Crippen LogP contribution >= 0.6 is 11.6 Å². The zero-order valence-electron chi connectivity index (χ0n) is 16.8. The van der Waals surface area contributed by atoms with Gasteiger partial charge >= 0.3 is 5.97 Å². The maximum Gasteiger partial charge on any atom is 0.367 e. The van der Waals surface area contributed by atoms with Gasteiger partial charge in [-0.1, -0.05) is 61.8 Å². The first kappa shape index (κ1) is 20.2. The molecule has 5 heteroatoms. The van der Waals surface area contributed by atoms with E-state index in [9.17, 15) is 4.79 Å². The lowest BCUT2D eigenvalue weighted by Gasteiger charge is -2.25. The first-order valence-electron chi connectivity index (χ1n) is 9.16. The van der Waals surface area contributed by atoms with Crippen LogP contribution < -0.4 is 4.74 Å². The smallest absolute Gasteiger partial charge is 0.367 e. The Morgan fingerprint density at radius 3 is 2.50 bits per heavy atom. The van der Waals surface area contributed by atoms with Gasteiger partial charge in [-0.25, -0.2) is 4.79 Å². The van der Waals surface area contributed by atoms with Gasteiger partial charge < -0.3 is 9.57 Å². The normalized spacial score (nSPS) is 15.6. The van der Waals surface area contributed by atoms with Crippen LogP contribution in [0.25, 0.3) is 6.08 Å². The number of rotatable bonds is 4. The summed E-state index contributed by atoms with van der Waals surface area (Å²) in [6.07, 6.45) is 1.79. The fourth-order valence-electron chi connectivity index (χ4n) is 3.07. The van der Waals surface area contributed by atoms with E-state index in [-0.39, 0.29) is 5.41 Å². The molecule has 0 spiro atoms. The zero-order chi connectivity index (χ0) is 20.5. The largest absolute Gasteiger partial charge is 0.488 e. The second-order valence-corrected chi connectivity index (χ2v) is 8.38. The number of ether oxygens (including phenoxy) is 1. The van der Waals surface area contributed by atoms with Gasteiger partial charge in [-0.2, -0.15) is 0 Å². The van der Waals surface area contributed by atoms with Crippen molar-refractivity contribution in [2.45, 2.75) is 46.6 Å². The third-order valence-electron chi connectivity index (χ3n) is 4.57. The molecule has 2 aromatic rings. The van der Waals surface area contributed by atoms with Gasteiger partial charge in [-0.15, -0.1) is 0 Å². The van der Waals surface area contributed by atoms with Crippen molar-refractivity contribution in [3.63, 3.8) is 0 Å². The number of aryl methyl sites for hydroxylation is 1. The summed E-state index contributed by atoms with van der Waals surface area (Å²) in [6.45, 7) is 10.5. The van der Waals surface area contributed by atoms with E-state index < -0.39 is 5.97 Å². The van der Waals surface area contributed by atoms with Gasteiger partial charge in [0.2, 0.25) is 0 Å². The standard InChI is InChI=1S/C23H24ClNO3/c1-14-10-17(12-18-15(2)25-28-22(18)26)21(19(11-14)23(3,4)5)27-13-16-8-6-7-9-20(16)24/h6-12H,13H2,1-5H3/b18-12-. The van der Waals surface area contributed by atoms with E-state index in [0.717, 1.165) is 28.0 Å². The molecule has 0 radical (unpaired) electrons. The predicted molar refractivity (Wildman–Crippen MR) is 113 cm³/mol. The van der Waals surface area contributed by atoms with Gasteiger partial charge in [-0.05, 0) is 43.0 Å².